The minimum Gasteiger partial charge on any atom is -0.378 e. The van der Waals surface area contributed by atoms with Gasteiger partial charge in [0.1, 0.15) is 5.82 Å². The van der Waals surface area contributed by atoms with E-state index in [4.69, 9.17) is 14.7 Å². The Labute approximate surface area is 210 Å². The molecule has 0 spiro atoms. The molecule has 0 unspecified atom stereocenters. The molecular formula is C28H30N6O2. The van der Waals surface area contributed by atoms with Crippen molar-refractivity contribution in [3.63, 3.8) is 0 Å². The average Bonchev–Trinajstić information content (AvgIpc) is 3.67. The maximum absolute atomic E-state index is 12.0. The number of nitrogens with zero attached hydrogens (tertiary/aromatic N) is 5. The quantitative estimate of drug-likeness (QED) is 0.351. The van der Waals surface area contributed by atoms with Gasteiger partial charge in [0.2, 0.25) is 5.95 Å². The SMILES string of the molecule is CCC(=O)c1ccc(Nc2cc(-c3ccc4cnn(CC5CC5)c4c3)nc(N3CCOCC3)n2)cc1. The molecule has 0 atom stereocenters. The van der Waals surface area contributed by atoms with Gasteiger partial charge >= 0.3 is 0 Å². The molecule has 36 heavy (non-hydrogen) atoms. The number of Topliss-reactive ketones (excluding diaryl/α,β-unsaturated/α-hetero) is 1. The molecule has 184 valence electrons. The number of carbonyl (C=O) groups is 1. The minimum atomic E-state index is 0.136. The number of anilines is 3. The number of carbonyl (C=O) groups excluding carboxylic acids is 1. The molecule has 1 saturated heterocycles. The van der Waals surface area contributed by atoms with Gasteiger partial charge < -0.3 is 15.0 Å². The normalized spacial score (nSPS) is 15.9. The summed E-state index contributed by atoms with van der Waals surface area (Å²) in [6.45, 7) is 5.68. The molecule has 8 heteroatoms. The third kappa shape index (κ3) is 4.81. The van der Waals surface area contributed by atoms with Crippen LogP contribution in [0.25, 0.3) is 22.2 Å². The van der Waals surface area contributed by atoms with Crippen LogP contribution >= 0.6 is 0 Å². The van der Waals surface area contributed by atoms with E-state index in [-0.39, 0.29) is 5.78 Å². The zero-order valence-corrected chi connectivity index (χ0v) is 20.5. The zero-order chi connectivity index (χ0) is 24.5. The molecule has 4 aromatic rings. The number of hydrogen-bond donors (Lipinski definition) is 1. The molecule has 1 saturated carbocycles. The average molecular weight is 483 g/mol. The van der Waals surface area contributed by atoms with Gasteiger partial charge in [0, 0.05) is 54.3 Å². The lowest BCUT2D eigenvalue weighted by molar-refractivity contribution is 0.0988. The second-order valence-electron chi connectivity index (χ2n) is 9.56. The fourth-order valence-electron chi connectivity index (χ4n) is 4.56. The molecule has 2 fully saturated rings. The smallest absolute Gasteiger partial charge is 0.228 e. The van der Waals surface area contributed by atoms with Gasteiger partial charge in [-0.15, -0.1) is 0 Å². The summed E-state index contributed by atoms with van der Waals surface area (Å²) in [6, 6.07) is 15.9. The topological polar surface area (TPSA) is 85.2 Å². The predicted octanol–water partition coefficient (Wildman–Crippen LogP) is 5.08. The summed E-state index contributed by atoms with van der Waals surface area (Å²) in [5, 5.41) is 9.18. The first kappa shape index (κ1) is 22.7. The van der Waals surface area contributed by atoms with Crippen LogP contribution in [0, 0.1) is 5.92 Å². The molecule has 2 aliphatic rings. The second-order valence-corrected chi connectivity index (χ2v) is 9.56. The summed E-state index contributed by atoms with van der Waals surface area (Å²) in [5.74, 6) is 2.28. The second kappa shape index (κ2) is 9.70. The molecule has 6 rings (SSSR count). The number of benzene rings is 2. The third-order valence-corrected chi connectivity index (χ3v) is 6.88. The Hall–Kier alpha value is -3.78. The van der Waals surface area contributed by atoms with Crippen LogP contribution < -0.4 is 10.2 Å². The molecule has 8 nitrogen and oxygen atoms in total. The number of nitrogens with one attached hydrogen (secondary N) is 1. The first-order valence-corrected chi connectivity index (χ1v) is 12.7. The van der Waals surface area contributed by atoms with Gasteiger partial charge in [0.25, 0.3) is 0 Å². The van der Waals surface area contributed by atoms with E-state index in [0.29, 0.717) is 31.4 Å². The van der Waals surface area contributed by atoms with Gasteiger partial charge in [-0.2, -0.15) is 10.1 Å². The standard InChI is InChI=1S/C28H30N6O2/c1-2-26(35)20-7-9-23(10-8-20)30-27-16-24(31-28(32-27)33-11-13-36-14-12-33)21-5-6-22-17-29-34(25(22)15-21)18-19-3-4-19/h5-10,15-17,19H,2-4,11-14,18H2,1H3,(H,30,31,32). The number of fused-ring (bicyclic) bond motifs is 1. The van der Waals surface area contributed by atoms with Crippen molar-refractivity contribution >= 4 is 34.1 Å². The van der Waals surface area contributed by atoms with Crippen LogP contribution in [0.3, 0.4) is 0 Å². The maximum Gasteiger partial charge on any atom is 0.228 e. The molecule has 0 bridgehead atoms. The van der Waals surface area contributed by atoms with Crippen molar-refractivity contribution in [3.8, 4) is 11.3 Å². The molecule has 1 aliphatic heterocycles. The maximum atomic E-state index is 12.0. The van der Waals surface area contributed by atoms with E-state index >= 15 is 0 Å². The monoisotopic (exact) mass is 482 g/mol. The Bertz CT molecular complexity index is 1390. The lowest BCUT2D eigenvalue weighted by Crippen LogP contribution is -2.37. The lowest BCUT2D eigenvalue weighted by Gasteiger charge is -2.27. The van der Waals surface area contributed by atoms with Crippen LogP contribution in [0.1, 0.15) is 36.5 Å². The minimum absolute atomic E-state index is 0.136. The van der Waals surface area contributed by atoms with Gasteiger partial charge in [-0.25, -0.2) is 4.98 Å². The Kier molecular flexibility index (Phi) is 6.11. The molecule has 3 heterocycles. The number of rotatable bonds is 8. The van der Waals surface area contributed by atoms with Crippen LogP contribution in [-0.2, 0) is 11.3 Å². The van der Waals surface area contributed by atoms with Gasteiger partial charge in [0.05, 0.1) is 30.6 Å². The third-order valence-electron chi connectivity index (χ3n) is 6.88. The van der Waals surface area contributed by atoms with Crippen LogP contribution in [-0.4, -0.2) is 51.8 Å². The Balaban J connectivity index is 1.35. The zero-order valence-electron chi connectivity index (χ0n) is 20.5. The summed E-state index contributed by atoms with van der Waals surface area (Å²) >= 11 is 0. The van der Waals surface area contributed by atoms with E-state index in [9.17, 15) is 4.79 Å². The van der Waals surface area contributed by atoms with Gasteiger partial charge in [-0.1, -0.05) is 19.1 Å². The Morgan fingerprint density at radius 1 is 1.06 bits per heavy atom. The fraction of sp³-hybridized carbons (Fsp3) is 0.357. The Morgan fingerprint density at radius 2 is 1.86 bits per heavy atom. The van der Waals surface area contributed by atoms with Crippen molar-refractivity contribution in [2.24, 2.45) is 5.92 Å². The molecule has 1 N–H and O–H groups in total. The highest BCUT2D eigenvalue weighted by Crippen LogP contribution is 2.33. The number of aromatic nitrogens is 4. The van der Waals surface area contributed by atoms with Crippen molar-refractivity contribution in [1.82, 2.24) is 19.7 Å². The van der Waals surface area contributed by atoms with Gasteiger partial charge in [0.15, 0.2) is 5.78 Å². The van der Waals surface area contributed by atoms with Crippen LogP contribution in [0.2, 0.25) is 0 Å². The summed E-state index contributed by atoms with van der Waals surface area (Å²) in [6.07, 6.45) is 5.02. The highest BCUT2D eigenvalue weighted by molar-refractivity contribution is 5.96. The van der Waals surface area contributed by atoms with Crippen molar-refractivity contribution in [2.45, 2.75) is 32.7 Å². The largest absolute Gasteiger partial charge is 0.378 e. The highest BCUT2D eigenvalue weighted by Gasteiger charge is 2.23. The molecule has 2 aromatic heterocycles. The van der Waals surface area contributed by atoms with Crippen molar-refractivity contribution < 1.29 is 9.53 Å². The number of ketones is 1. The fourth-order valence-corrected chi connectivity index (χ4v) is 4.56. The van der Waals surface area contributed by atoms with E-state index in [2.05, 4.69) is 38.2 Å². The van der Waals surface area contributed by atoms with E-state index < -0.39 is 0 Å². The summed E-state index contributed by atoms with van der Waals surface area (Å²) < 4.78 is 7.66. The molecule has 0 radical (unpaired) electrons. The first-order chi connectivity index (χ1) is 17.7. The van der Waals surface area contributed by atoms with E-state index in [1.54, 1.807) is 0 Å². The lowest BCUT2D eigenvalue weighted by atomic mass is 10.1. The molecule has 1 aliphatic carbocycles. The van der Waals surface area contributed by atoms with E-state index in [1.165, 1.54) is 12.8 Å². The number of ether oxygens (including phenoxy) is 1. The van der Waals surface area contributed by atoms with Crippen LogP contribution in [0.4, 0.5) is 17.5 Å². The Morgan fingerprint density at radius 3 is 2.61 bits per heavy atom. The molecular weight excluding hydrogens is 452 g/mol. The summed E-state index contributed by atoms with van der Waals surface area (Å²) in [7, 11) is 0. The first-order valence-electron chi connectivity index (χ1n) is 12.7. The van der Waals surface area contributed by atoms with Gasteiger partial charge in [-0.05, 0) is 49.1 Å². The van der Waals surface area contributed by atoms with Crippen LogP contribution in [0.5, 0.6) is 0 Å². The van der Waals surface area contributed by atoms with E-state index in [0.717, 1.165) is 59.0 Å². The predicted molar refractivity (Wildman–Crippen MR) is 141 cm³/mol. The molecule has 2 aromatic carbocycles. The molecule has 0 amide bonds. The summed E-state index contributed by atoms with van der Waals surface area (Å²) in [4.78, 5) is 24.0. The van der Waals surface area contributed by atoms with Crippen LogP contribution in [0.15, 0.2) is 54.7 Å². The van der Waals surface area contributed by atoms with E-state index in [1.807, 2.05) is 43.5 Å². The summed E-state index contributed by atoms with van der Waals surface area (Å²) in [5.41, 5.74) is 4.61. The van der Waals surface area contributed by atoms with Crippen molar-refractivity contribution in [2.75, 3.05) is 36.5 Å². The number of hydrogen-bond acceptors (Lipinski definition) is 7. The highest BCUT2D eigenvalue weighted by atomic mass is 16.5. The number of morpholine rings is 1. The van der Waals surface area contributed by atoms with Crippen molar-refractivity contribution in [3.05, 3.63) is 60.3 Å². The van der Waals surface area contributed by atoms with Gasteiger partial charge in [-0.3, -0.25) is 9.48 Å². The van der Waals surface area contributed by atoms with Crippen molar-refractivity contribution in [1.29, 1.82) is 0 Å².